The molecular weight excluding hydrogens is 204 g/mol. The smallest absolute Gasteiger partial charge is 0.335 e. The first-order valence-corrected chi connectivity index (χ1v) is 4.74. The number of hydrogen-bond donors (Lipinski definition) is 0. The second-order valence-electron chi connectivity index (χ2n) is 3.12. The Morgan fingerprint density at radius 1 is 1.31 bits per heavy atom. The Morgan fingerprint density at radius 2 is 2.06 bits per heavy atom. The van der Waals surface area contributed by atoms with Gasteiger partial charge in [0.15, 0.2) is 11.5 Å². The molecular formula is C13H10O3. The number of ether oxygens (including phenoxy) is 1. The average Bonchev–Trinajstić information content (AvgIpc) is 2.67. The summed E-state index contributed by atoms with van der Waals surface area (Å²) in [7, 11) is 0. The zero-order valence-electron chi connectivity index (χ0n) is 8.60. The third-order valence-electron chi connectivity index (χ3n) is 2.13. The Labute approximate surface area is 92.6 Å². The largest absolute Gasteiger partial charge is 0.453 e. The Kier molecular flexibility index (Phi) is 2.60. The van der Waals surface area contributed by atoms with Crippen LogP contribution in [0.25, 0.3) is 17.0 Å². The molecule has 0 saturated carbocycles. The second kappa shape index (κ2) is 4.06. The van der Waals surface area contributed by atoms with Crippen molar-refractivity contribution in [3.63, 3.8) is 0 Å². The van der Waals surface area contributed by atoms with Crippen LogP contribution < -0.4 is 4.74 Å². The fourth-order valence-electron chi connectivity index (χ4n) is 1.42. The van der Waals surface area contributed by atoms with Crippen molar-refractivity contribution in [2.45, 2.75) is 0 Å². The topological polar surface area (TPSA) is 39.4 Å². The van der Waals surface area contributed by atoms with Crippen molar-refractivity contribution in [1.82, 2.24) is 0 Å². The van der Waals surface area contributed by atoms with Crippen molar-refractivity contribution < 1.29 is 13.9 Å². The molecule has 0 aliphatic rings. The van der Waals surface area contributed by atoms with E-state index >= 15 is 0 Å². The molecule has 1 aromatic carbocycles. The van der Waals surface area contributed by atoms with Crippen LogP contribution in [0.1, 0.15) is 5.76 Å². The van der Waals surface area contributed by atoms with Gasteiger partial charge in [0.1, 0.15) is 5.58 Å². The fourth-order valence-corrected chi connectivity index (χ4v) is 1.42. The minimum absolute atomic E-state index is 0.385. The number of carbonyl (C=O) groups is 1. The minimum atomic E-state index is -0.519. The van der Waals surface area contributed by atoms with Gasteiger partial charge in [0.25, 0.3) is 0 Å². The third kappa shape index (κ3) is 1.63. The molecule has 0 amide bonds. The molecule has 80 valence electrons. The molecule has 0 radical (unpaired) electrons. The van der Waals surface area contributed by atoms with Gasteiger partial charge < -0.3 is 9.15 Å². The molecule has 0 atom stereocenters. The first-order valence-electron chi connectivity index (χ1n) is 4.74. The van der Waals surface area contributed by atoms with E-state index in [0.717, 1.165) is 11.5 Å². The predicted molar refractivity (Wildman–Crippen MR) is 62.1 cm³/mol. The Bertz CT molecular complexity index is 564. The van der Waals surface area contributed by atoms with Gasteiger partial charge >= 0.3 is 5.97 Å². The standard InChI is InChI=1S/C13H10O3/c1-3-10-13(16-12(14)4-2)9-7-5-6-8-11(9)15-10/h3-8H,1-2H2. The van der Waals surface area contributed by atoms with Crippen LogP contribution >= 0.6 is 0 Å². The lowest BCUT2D eigenvalue weighted by Gasteiger charge is -1.98. The monoisotopic (exact) mass is 214 g/mol. The van der Waals surface area contributed by atoms with Crippen LogP contribution in [0.3, 0.4) is 0 Å². The maximum absolute atomic E-state index is 11.2. The minimum Gasteiger partial charge on any atom is -0.453 e. The van der Waals surface area contributed by atoms with Crippen LogP contribution in [0.4, 0.5) is 0 Å². The molecule has 0 spiro atoms. The summed E-state index contributed by atoms with van der Waals surface area (Å²) in [4.78, 5) is 11.2. The van der Waals surface area contributed by atoms with Crippen LogP contribution in [0, 0.1) is 0 Å². The van der Waals surface area contributed by atoms with E-state index in [0.29, 0.717) is 17.1 Å². The van der Waals surface area contributed by atoms with E-state index in [2.05, 4.69) is 13.2 Å². The van der Waals surface area contributed by atoms with E-state index in [4.69, 9.17) is 9.15 Å². The van der Waals surface area contributed by atoms with Gasteiger partial charge in [0, 0.05) is 6.08 Å². The first kappa shape index (κ1) is 10.2. The van der Waals surface area contributed by atoms with Gasteiger partial charge in [-0.05, 0) is 18.2 Å². The van der Waals surface area contributed by atoms with Gasteiger partial charge in [0.05, 0.1) is 5.39 Å². The van der Waals surface area contributed by atoms with Gasteiger partial charge in [0.2, 0.25) is 0 Å². The number of hydrogen-bond acceptors (Lipinski definition) is 3. The van der Waals surface area contributed by atoms with Crippen LogP contribution in [0.15, 0.2) is 47.9 Å². The highest BCUT2D eigenvalue weighted by Crippen LogP contribution is 2.33. The van der Waals surface area contributed by atoms with E-state index in [1.807, 2.05) is 18.2 Å². The lowest BCUT2D eigenvalue weighted by molar-refractivity contribution is -0.128. The molecule has 0 N–H and O–H groups in total. The lowest BCUT2D eigenvalue weighted by Crippen LogP contribution is -2.03. The van der Waals surface area contributed by atoms with Crippen LogP contribution in [-0.4, -0.2) is 5.97 Å². The Hall–Kier alpha value is -2.29. The molecule has 2 rings (SSSR count). The molecule has 1 aromatic heterocycles. The zero-order valence-corrected chi connectivity index (χ0v) is 8.60. The molecule has 0 unspecified atom stereocenters. The average molecular weight is 214 g/mol. The number of para-hydroxylation sites is 1. The van der Waals surface area contributed by atoms with Gasteiger partial charge in [-0.2, -0.15) is 0 Å². The van der Waals surface area contributed by atoms with Crippen LogP contribution in [-0.2, 0) is 4.79 Å². The zero-order chi connectivity index (χ0) is 11.5. The number of fused-ring (bicyclic) bond motifs is 1. The number of furan rings is 1. The highest BCUT2D eigenvalue weighted by molar-refractivity contribution is 5.92. The van der Waals surface area contributed by atoms with Crippen LogP contribution in [0.5, 0.6) is 5.75 Å². The quantitative estimate of drug-likeness (QED) is 0.582. The van der Waals surface area contributed by atoms with Crippen molar-refractivity contribution in [2.75, 3.05) is 0 Å². The summed E-state index contributed by atoms with van der Waals surface area (Å²) >= 11 is 0. The summed E-state index contributed by atoms with van der Waals surface area (Å²) in [6.45, 7) is 6.95. The van der Waals surface area contributed by atoms with Crippen molar-refractivity contribution in [3.8, 4) is 5.75 Å². The number of benzene rings is 1. The number of esters is 1. The van der Waals surface area contributed by atoms with Crippen LogP contribution in [0.2, 0.25) is 0 Å². The fraction of sp³-hybridized carbons (Fsp3) is 0. The van der Waals surface area contributed by atoms with E-state index in [1.54, 1.807) is 6.07 Å². The first-order chi connectivity index (χ1) is 7.76. The molecule has 3 heteroatoms. The highest BCUT2D eigenvalue weighted by Gasteiger charge is 2.14. The molecule has 1 heterocycles. The molecule has 0 bridgehead atoms. The predicted octanol–water partition coefficient (Wildman–Crippen LogP) is 3.17. The lowest BCUT2D eigenvalue weighted by atomic mass is 10.2. The van der Waals surface area contributed by atoms with Gasteiger partial charge in [-0.3, -0.25) is 0 Å². The molecule has 0 aliphatic heterocycles. The van der Waals surface area contributed by atoms with E-state index < -0.39 is 5.97 Å². The van der Waals surface area contributed by atoms with Crippen molar-refractivity contribution in [3.05, 3.63) is 49.3 Å². The maximum Gasteiger partial charge on any atom is 0.335 e. The van der Waals surface area contributed by atoms with Crippen molar-refractivity contribution in [2.24, 2.45) is 0 Å². The molecule has 0 aliphatic carbocycles. The number of carbonyl (C=O) groups excluding carboxylic acids is 1. The summed E-state index contributed by atoms with van der Waals surface area (Å²) in [6, 6.07) is 7.30. The van der Waals surface area contributed by atoms with Gasteiger partial charge in [-0.1, -0.05) is 25.3 Å². The van der Waals surface area contributed by atoms with Gasteiger partial charge in [-0.25, -0.2) is 4.79 Å². The van der Waals surface area contributed by atoms with Crippen molar-refractivity contribution in [1.29, 1.82) is 0 Å². The normalized spacial score (nSPS) is 10.0. The third-order valence-corrected chi connectivity index (χ3v) is 2.13. The second-order valence-corrected chi connectivity index (χ2v) is 3.12. The summed E-state index contributed by atoms with van der Waals surface area (Å²) in [6.07, 6.45) is 2.61. The Morgan fingerprint density at radius 3 is 2.75 bits per heavy atom. The molecule has 0 fully saturated rings. The molecule has 3 nitrogen and oxygen atoms in total. The summed E-state index contributed by atoms with van der Waals surface area (Å²) < 4.78 is 10.6. The summed E-state index contributed by atoms with van der Waals surface area (Å²) in [5.41, 5.74) is 0.657. The molecule has 0 saturated heterocycles. The van der Waals surface area contributed by atoms with E-state index in [9.17, 15) is 4.79 Å². The van der Waals surface area contributed by atoms with E-state index in [-0.39, 0.29) is 0 Å². The molecule has 2 aromatic rings. The molecule has 16 heavy (non-hydrogen) atoms. The summed E-state index contributed by atoms with van der Waals surface area (Å²) in [5, 5.41) is 0.743. The highest BCUT2D eigenvalue weighted by atomic mass is 16.5. The maximum atomic E-state index is 11.2. The summed E-state index contributed by atoms with van der Waals surface area (Å²) in [5.74, 6) is 0.307. The van der Waals surface area contributed by atoms with Crippen molar-refractivity contribution >= 4 is 23.0 Å². The SMILES string of the molecule is C=CC(=O)Oc1c(C=C)oc2ccccc12. The van der Waals surface area contributed by atoms with E-state index in [1.165, 1.54) is 6.08 Å². The number of rotatable bonds is 3. The Balaban J connectivity index is 2.59. The van der Waals surface area contributed by atoms with Gasteiger partial charge in [-0.15, -0.1) is 0 Å².